The average molecular weight is 283 g/mol. The van der Waals surface area contributed by atoms with Crippen LogP contribution in [0.15, 0.2) is 36.7 Å². The highest BCUT2D eigenvalue weighted by Crippen LogP contribution is 2.41. The highest BCUT2D eigenvalue weighted by molar-refractivity contribution is 5.26. The molecule has 2 N–H and O–H groups in total. The normalized spacial score (nSPS) is 16.3. The van der Waals surface area contributed by atoms with Gasteiger partial charge in [-0.3, -0.25) is 0 Å². The number of rotatable bonds is 7. The molecule has 0 aliphatic heterocycles. The maximum Gasteiger partial charge on any atom is 0.120 e. The lowest BCUT2D eigenvalue weighted by molar-refractivity contribution is 0.473. The maximum atomic E-state index is 4.29. The number of aromatic nitrogens is 2. The lowest BCUT2D eigenvalue weighted by atomic mass is 9.97. The van der Waals surface area contributed by atoms with Gasteiger partial charge >= 0.3 is 0 Å². The molecule has 1 fully saturated rings. The molecule has 0 amide bonds. The molecule has 1 aromatic heterocycles. The molecule has 0 radical (unpaired) electrons. The zero-order chi connectivity index (χ0) is 14.7. The summed E-state index contributed by atoms with van der Waals surface area (Å²) >= 11 is 0. The van der Waals surface area contributed by atoms with Crippen LogP contribution >= 0.6 is 0 Å². The number of nitrogens with one attached hydrogen (secondary N) is 2. The van der Waals surface area contributed by atoms with E-state index in [1.54, 1.807) is 0 Å². The summed E-state index contributed by atoms with van der Waals surface area (Å²) in [5.41, 5.74) is 2.85. The minimum atomic E-state index is 0.461. The standard InChI is InChI=1S/C18H25N3/c1-13(2)11-14-3-5-15(6-4-14)18(16-7-8-16)21-12-17-19-9-10-20-17/h3-6,9-10,13,16,18,21H,7-8,11-12H2,1-2H3,(H,19,20). The molecular weight excluding hydrogens is 258 g/mol. The van der Waals surface area contributed by atoms with Gasteiger partial charge in [-0.05, 0) is 42.2 Å². The molecule has 1 atom stereocenters. The van der Waals surface area contributed by atoms with Crippen LogP contribution in [0.4, 0.5) is 0 Å². The summed E-state index contributed by atoms with van der Waals surface area (Å²) in [5.74, 6) is 2.51. The molecule has 21 heavy (non-hydrogen) atoms. The Balaban J connectivity index is 1.65. The Morgan fingerprint density at radius 1 is 1.24 bits per heavy atom. The van der Waals surface area contributed by atoms with Crippen molar-refractivity contribution in [1.29, 1.82) is 0 Å². The van der Waals surface area contributed by atoms with E-state index in [1.807, 2.05) is 12.4 Å². The topological polar surface area (TPSA) is 40.7 Å². The van der Waals surface area contributed by atoms with Gasteiger partial charge in [-0.1, -0.05) is 38.1 Å². The van der Waals surface area contributed by atoms with Crippen LogP contribution in [0, 0.1) is 11.8 Å². The summed E-state index contributed by atoms with van der Waals surface area (Å²) in [6.07, 6.45) is 7.52. The van der Waals surface area contributed by atoms with E-state index in [1.165, 1.54) is 24.0 Å². The van der Waals surface area contributed by atoms with Crippen molar-refractivity contribution in [1.82, 2.24) is 15.3 Å². The van der Waals surface area contributed by atoms with E-state index in [4.69, 9.17) is 0 Å². The third-order valence-corrected chi connectivity index (χ3v) is 4.12. The number of benzene rings is 1. The third-order valence-electron chi connectivity index (χ3n) is 4.12. The van der Waals surface area contributed by atoms with Gasteiger partial charge in [0.15, 0.2) is 0 Å². The van der Waals surface area contributed by atoms with Crippen LogP contribution in [0.1, 0.15) is 49.7 Å². The minimum absolute atomic E-state index is 0.461. The number of H-pyrrole nitrogens is 1. The van der Waals surface area contributed by atoms with Crippen molar-refractivity contribution in [3.05, 3.63) is 53.6 Å². The minimum Gasteiger partial charge on any atom is -0.348 e. The van der Waals surface area contributed by atoms with Gasteiger partial charge in [-0.15, -0.1) is 0 Å². The molecule has 1 saturated carbocycles. The molecule has 2 aromatic rings. The van der Waals surface area contributed by atoms with Crippen LogP contribution in [-0.2, 0) is 13.0 Å². The molecule has 1 unspecified atom stereocenters. The zero-order valence-electron chi connectivity index (χ0n) is 13.0. The van der Waals surface area contributed by atoms with Gasteiger partial charge in [0.05, 0.1) is 6.54 Å². The summed E-state index contributed by atoms with van der Waals surface area (Å²) in [4.78, 5) is 7.45. The second-order valence-corrected chi connectivity index (χ2v) is 6.57. The Morgan fingerprint density at radius 3 is 2.57 bits per heavy atom. The predicted molar refractivity (Wildman–Crippen MR) is 85.9 cm³/mol. The van der Waals surface area contributed by atoms with Crippen LogP contribution in [0.5, 0.6) is 0 Å². The Hall–Kier alpha value is -1.61. The first-order chi connectivity index (χ1) is 10.2. The molecular formula is C18H25N3. The number of aromatic amines is 1. The Kier molecular flexibility index (Phi) is 4.39. The van der Waals surface area contributed by atoms with Crippen LogP contribution in [-0.4, -0.2) is 9.97 Å². The van der Waals surface area contributed by atoms with E-state index in [0.29, 0.717) is 12.0 Å². The van der Waals surface area contributed by atoms with E-state index >= 15 is 0 Å². The zero-order valence-corrected chi connectivity index (χ0v) is 13.0. The fourth-order valence-corrected chi connectivity index (χ4v) is 2.92. The largest absolute Gasteiger partial charge is 0.348 e. The molecule has 1 aliphatic carbocycles. The number of nitrogens with zero attached hydrogens (tertiary/aromatic N) is 1. The first-order valence-electron chi connectivity index (χ1n) is 8.03. The second kappa shape index (κ2) is 6.44. The Labute approximate surface area is 127 Å². The number of imidazole rings is 1. The van der Waals surface area contributed by atoms with E-state index < -0.39 is 0 Å². The molecule has 3 heteroatoms. The number of hydrogen-bond acceptors (Lipinski definition) is 2. The first-order valence-corrected chi connectivity index (χ1v) is 8.03. The lowest BCUT2D eigenvalue weighted by Gasteiger charge is -2.19. The molecule has 0 saturated heterocycles. The SMILES string of the molecule is CC(C)Cc1ccc(C(NCc2ncc[nH]2)C2CC2)cc1. The van der Waals surface area contributed by atoms with Crippen LogP contribution in [0.3, 0.4) is 0 Å². The van der Waals surface area contributed by atoms with Crippen molar-refractivity contribution < 1.29 is 0 Å². The second-order valence-electron chi connectivity index (χ2n) is 6.57. The van der Waals surface area contributed by atoms with Crippen molar-refractivity contribution in [2.45, 2.75) is 45.7 Å². The monoisotopic (exact) mass is 283 g/mol. The lowest BCUT2D eigenvalue weighted by Crippen LogP contribution is -2.23. The van der Waals surface area contributed by atoms with Gasteiger partial charge in [-0.25, -0.2) is 4.98 Å². The van der Waals surface area contributed by atoms with Crippen LogP contribution in [0.25, 0.3) is 0 Å². The highest BCUT2D eigenvalue weighted by atomic mass is 15.0. The van der Waals surface area contributed by atoms with Crippen LogP contribution in [0.2, 0.25) is 0 Å². The third kappa shape index (κ3) is 3.94. The van der Waals surface area contributed by atoms with Crippen molar-refractivity contribution in [3.8, 4) is 0 Å². The fraction of sp³-hybridized carbons (Fsp3) is 0.500. The van der Waals surface area contributed by atoms with Gasteiger partial charge in [0.2, 0.25) is 0 Å². The summed E-state index contributed by atoms with van der Waals surface area (Å²) in [6, 6.07) is 9.65. The predicted octanol–water partition coefficient (Wildman–Crippen LogP) is 3.85. The van der Waals surface area contributed by atoms with Crippen molar-refractivity contribution >= 4 is 0 Å². The summed E-state index contributed by atoms with van der Waals surface area (Å²) in [7, 11) is 0. The number of hydrogen-bond donors (Lipinski definition) is 2. The summed E-state index contributed by atoms with van der Waals surface area (Å²) in [5, 5.41) is 3.67. The van der Waals surface area contributed by atoms with Crippen molar-refractivity contribution in [2.75, 3.05) is 0 Å². The fourth-order valence-electron chi connectivity index (χ4n) is 2.92. The smallest absolute Gasteiger partial charge is 0.120 e. The van der Waals surface area contributed by atoms with E-state index in [-0.39, 0.29) is 0 Å². The van der Waals surface area contributed by atoms with Gasteiger partial charge in [0.25, 0.3) is 0 Å². The molecule has 112 valence electrons. The Morgan fingerprint density at radius 2 is 2.00 bits per heavy atom. The molecule has 0 spiro atoms. The molecule has 1 heterocycles. The van der Waals surface area contributed by atoms with Crippen molar-refractivity contribution in [2.24, 2.45) is 11.8 Å². The van der Waals surface area contributed by atoms with Gasteiger partial charge in [-0.2, -0.15) is 0 Å². The van der Waals surface area contributed by atoms with Gasteiger partial charge < -0.3 is 10.3 Å². The maximum absolute atomic E-state index is 4.29. The quantitative estimate of drug-likeness (QED) is 0.810. The first kappa shape index (κ1) is 14.3. The van der Waals surface area contributed by atoms with Gasteiger partial charge in [0.1, 0.15) is 5.82 Å². The summed E-state index contributed by atoms with van der Waals surface area (Å²) < 4.78 is 0. The van der Waals surface area contributed by atoms with Gasteiger partial charge in [0, 0.05) is 18.4 Å². The summed E-state index contributed by atoms with van der Waals surface area (Å²) in [6.45, 7) is 5.35. The van der Waals surface area contributed by atoms with Crippen molar-refractivity contribution in [3.63, 3.8) is 0 Å². The van der Waals surface area contributed by atoms with E-state index in [2.05, 4.69) is 53.4 Å². The average Bonchev–Trinajstić information content (AvgIpc) is 3.16. The molecule has 3 nitrogen and oxygen atoms in total. The van der Waals surface area contributed by atoms with Crippen LogP contribution < -0.4 is 5.32 Å². The molecule has 3 rings (SSSR count). The molecule has 1 aliphatic rings. The molecule has 1 aromatic carbocycles. The van der Waals surface area contributed by atoms with E-state index in [9.17, 15) is 0 Å². The van der Waals surface area contributed by atoms with E-state index in [0.717, 1.165) is 24.7 Å². The highest BCUT2D eigenvalue weighted by Gasteiger charge is 2.32. The molecule has 0 bridgehead atoms. The Bertz CT molecular complexity index is 538.